The molecule has 1 aliphatic heterocycles. The number of ketones is 1. The maximum absolute atomic E-state index is 11.4. The summed E-state index contributed by atoms with van der Waals surface area (Å²) in [6.07, 6.45) is 5.53. The number of carbonyl (C=O) groups is 1. The zero-order valence-electron chi connectivity index (χ0n) is 14.9. The number of nitrogens with zero attached hydrogens (tertiary/aromatic N) is 2. The predicted molar refractivity (Wildman–Crippen MR) is 105 cm³/mol. The van der Waals surface area contributed by atoms with Gasteiger partial charge in [-0.3, -0.25) is 4.79 Å². The van der Waals surface area contributed by atoms with Gasteiger partial charge in [0.1, 0.15) is 0 Å². The Hall–Kier alpha value is -1.62. The molecule has 1 saturated heterocycles. The minimum absolute atomic E-state index is 0.119. The highest BCUT2D eigenvalue weighted by Gasteiger charge is 2.40. The van der Waals surface area contributed by atoms with Gasteiger partial charge < -0.3 is 15.1 Å². The SMILES string of the molecule is CC(=O)c1ccc(N2CCN(C(=S)N[C@H]3C[C@H]4CC[C@H]3C4)CC2)cc1. The summed E-state index contributed by atoms with van der Waals surface area (Å²) in [7, 11) is 0. The Labute approximate surface area is 155 Å². The minimum Gasteiger partial charge on any atom is -0.368 e. The van der Waals surface area contributed by atoms with E-state index in [4.69, 9.17) is 12.2 Å². The number of thiocarbonyl (C=S) groups is 1. The van der Waals surface area contributed by atoms with Crippen molar-refractivity contribution < 1.29 is 4.79 Å². The molecule has 0 radical (unpaired) electrons. The summed E-state index contributed by atoms with van der Waals surface area (Å²) in [5, 5.41) is 4.60. The van der Waals surface area contributed by atoms with Gasteiger partial charge in [0.2, 0.25) is 0 Å². The zero-order valence-corrected chi connectivity index (χ0v) is 15.7. The van der Waals surface area contributed by atoms with Gasteiger partial charge in [-0.15, -0.1) is 0 Å². The van der Waals surface area contributed by atoms with Crippen molar-refractivity contribution in [2.75, 3.05) is 31.1 Å². The molecule has 3 fully saturated rings. The Balaban J connectivity index is 1.29. The number of Topliss-reactive ketones (excluding diaryl/α,β-unsaturated/α-hetero) is 1. The lowest BCUT2D eigenvalue weighted by Crippen LogP contribution is -2.54. The van der Waals surface area contributed by atoms with Crippen molar-refractivity contribution >= 4 is 28.8 Å². The summed E-state index contributed by atoms with van der Waals surface area (Å²) in [5.41, 5.74) is 1.97. The number of nitrogens with one attached hydrogen (secondary N) is 1. The second kappa shape index (κ2) is 6.94. The molecule has 0 unspecified atom stereocenters. The Morgan fingerprint density at radius 1 is 1.08 bits per heavy atom. The van der Waals surface area contributed by atoms with E-state index < -0.39 is 0 Å². The molecule has 1 aromatic carbocycles. The monoisotopic (exact) mass is 357 g/mol. The molecular formula is C20H27N3OS. The normalized spacial score (nSPS) is 28.3. The van der Waals surface area contributed by atoms with E-state index in [9.17, 15) is 4.79 Å². The van der Waals surface area contributed by atoms with Crippen LogP contribution in [0.1, 0.15) is 43.0 Å². The predicted octanol–water partition coefficient (Wildman–Crippen LogP) is 3.07. The molecule has 4 nitrogen and oxygen atoms in total. The van der Waals surface area contributed by atoms with Crippen LogP contribution in [0.2, 0.25) is 0 Å². The van der Waals surface area contributed by atoms with Gasteiger partial charge >= 0.3 is 0 Å². The van der Waals surface area contributed by atoms with Crippen molar-refractivity contribution in [2.24, 2.45) is 11.8 Å². The molecule has 1 aromatic rings. The van der Waals surface area contributed by atoms with Crippen LogP contribution in [0.15, 0.2) is 24.3 Å². The first-order valence-electron chi connectivity index (χ1n) is 9.51. The minimum atomic E-state index is 0.119. The van der Waals surface area contributed by atoms with Crippen molar-refractivity contribution in [3.05, 3.63) is 29.8 Å². The van der Waals surface area contributed by atoms with Crippen LogP contribution in [0.5, 0.6) is 0 Å². The van der Waals surface area contributed by atoms with E-state index in [2.05, 4.69) is 27.2 Å². The second-order valence-corrected chi connectivity index (χ2v) is 8.19. The maximum atomic E-state index is 11.4. The number of hydrogen-bond donors (Lipinski definition) is 1. The molecule has 2 aliphatic carbocycles. The number of fused-ring (bicyclic) bond motifs is 2. The number of rotatable bonds is 3. The summed E-state index contributed by atoms with van der Waals surface area (Å²) in [4.78, 5) is 16.1. The molecule has 2 saturated carbocycles. The average molecular weight is 358 g/mol. The van der Waals surface area contributed by atoms with Gasteiger partial charge in [0.05, 0.1) is 0 Å². The van der Waals surface area contributed by atoms with E-state index in [0.29, 0.717) is 6.04 Å². The third-order valence-corrected chi connectivity index (χ3v) is 6.63. The fourth-order valence-electron chi connectivity index (χ4n) is 4.75. The van der Waals surface area contributed by atoms with Crippen LogP contribution in [-0.4, -0.2) is 48.0 Å². The van der Waals surface area contributed by atoms with Gasteiger partial charge in [0, 0.05) is 43.5 Å². The largest absolute Gasteiger partial charge is 0.368 e. The first kappa shape index (κ1) is 16.8. The van der Waals surface area contributed by atoms with E-state index in [-0.39, 0.29) is 5.78 Å². The van der Waals surface area contributed by atoms with Crippen molar-refractivity contribution in [1.29, 1.82) is 0 Å². The van der Waals surface area contributed by atoms with Crippen molar-refractivity contribution in [2.45, 2.75) is 38.6 Å². The first-order valence-corrected chi connectivity index (χ1v) is 9.92. The molecule has 1 N–H and O–H groups in total. The van der Waals surface area contributed by atoms with Gasteiger partial charge in [-0.25, -0.2) is 0 Å². The third-order valence-electron chi connectivity index (χ3n) is 6.25. The van der Waals surface area contributed by atoms with Crippen LogP contribution < -0.4 is 10.2 Å². The Morgan fingerprint density at radius 3 is 2.36 bits per heavy atom. The number of anilines is 1. The highest BCUT2D eigenvalue weighted by Crippen LogP contribution is 2.44. The lowest BCUT2D eigenvalue weighted by atomic mass is 9.95. The summed E-state index contributed by atoms with van der Waals surface area (Å²) >= 11 is 5.69. The van der Waals surface area contributed by atoms with Crippen molar-refractivity contribution in [1.82, 2.24) is 10.2 Å². The van der Waals surface area contributed by atoms with Crippen molar-refractivity contribution in [3.8, 4) is 0 Å². The van der Waals surface area contributed by atoms with E-state index in [0.717, 1.165) is 48.7 Å². The summed E-state index contributed by atoms with van der Waals surface area (Å²) < 4.78 is 0. The Bertz CT molecular complexity index is 651. The van der Waals surface area contributed by atoms with Gasteiger partial charge in [-0.1, -0.05) is 6.42 Å². The molecule has 25 heavy (non-hydrogen) atoms. The van der Waals surface area contributed by atoms with E-state index in [1.807, 2.05) is 12.1 Å². The first-order chi connectivity index (χ1) is 12.1. The fourth-order valence-corrected chi connectivity index (χ4v) is 5.08. The van der Waals surface area contributed by atoms with E-state index in [1.165, 1.54) is 31.4 Å². The van der Waals surface area contributed by atoms with Crippen LogP contribution >= 0.6 is 12.2 Å². The average Bonchev–Trinajstić information content (AvgIpc) is 3.25. The smallest absolute Gasteiger partial charge is 0.169 e. The molecule has 0 amide bonds. The van der Waals surface area contributed by atoms with Crippen LogP contribution in [0.25, 0.3) is 0 Å². The highest BCUT2D eigenvalue weighted by atomic mass is 32.1. The van der Waals surface area contributed by atoms with Crippen LogP contribution in [0.3, 0.4) is 0 Å². The number of hydrogen-bond acceptors (Lipinski definition) is 3. The lowest BCUT2D eigenvalue weighted by molar-refractivity contribution is 0.101. The molecule has 0 aromatic heterocycles. The van der Waals surface area contributed by atoms with Crippen LogP contribution in [0, 0.1) is 11.8 Å². The van der Waals surface area contributed by atoms with Gasteiger partial charge in [0.15, 0.2) is 10.9 Å². The Kier molecular flexibility index (Phi) is 4.67. The number of piperazine rings is 1. The summed E-state index contributed by atoms with van der Waals surface area (Å²) in [6.45, 7) is 5.47. The maximum Gasteiger partial charge on any atom is 0.169 e. The second-order valence-electron chi connectivity index (χ2n) is 7.81. The third kappa shape index (κ3) is 3.52. The van der Waals surface area contributed by atoms with Gasteiger partial charge in [-0.05, 0) is 74.5 Å². The summed E-state index contributed by atoms with van der Waals surface area (Å²) in [5.74, 6) is 1.91. The Morgan fingerprint density at radius 2 is 1.80 bits per heavy atom. The van der Waals surface area contributed by atoms with Crippen molar-refractivity contribution in [3.63, 3.8) is 0 Å². The molecule has 0 spiro atoms. The van der Waals surface area contributed by atoms with Gasteiger partial charge in [0.25, 0.3) is 0 Å². The van der Waals surface area contributed by atoms with Crippen LogP contribution in [-0.2, 0) is 0 Å². The molecule has 2 bridgehead atoms. The van der Waals surface area contributed by atoms with E-state index in [1.54, 1.807) is 6.92 Å². The highest BCUT2D eigenvalue weighted by molar-refractivity contribution is 7.80. The standard InChI is InChI=1S/C20H27N3OS/c1-14(24)16-4-6-18(7-5-16)22-8-10-23(11-9-22)20(25)21-19-13-15-2-3-17(19)12-15/h4-7,15,17,19H,2-3,8-13H2,1H3,(H,21,25)/t15-,17-,19-/m0/s1. The molecule has 134 valence electrons. The summed E-state index contributed by atoms with van der Waals surface area (Å²) in [6, 6.07) is 8.57. The molecule has 3 aliphatic rings. The lowest BCUT2D eigenvalue weighted by Gasteiger charge is -2.38. The number of carbonyl (C=O) groups excluding carboxylic acids is 1. The molecular weight excluding hydrogens is 330 g/mol. The van der Waals surface area contributed by atoms with Crippen LogP contribution in [0.4, 0.5) is 5.69 Å². The molecule has 3 atom stereocenters. The molecule has 5 heteroatoms. The molecule has 1 heterocycles. The van der Waals surface area contributed by atoms with Gasteiger partial charge in [-0.2, -0.15) is 0 Å². The fraction of sp³-hybridized carbons (Fsp3) is 0.600. The number of benzene rings is 1. The molecule has 4 rings (SSSR count). The topological polar surface area (TPSA) is 35.6 Å². The zero-order chi connectivity index (χ0) is 17.4. The van der Waals surface area contributed by atoms with E-state index >= 15 is 0 Å². The quantitative estimate of drug-likeness (QED) is 0.664.